The van der Waals surface area contributed by atoms with Crippen LogP contribution in [-0.2, 0) is 14.4 Å². The van der Waals surface area contributed by atoms with Gasteiger partial charge in [-0.2, -0.15) is 0 Å². The third-order valence-electron chi connectivity index (χ3n) is 10.2. The van der Waals surface area contributed by atoms with Gasteiger partial charge in [0.05, 0.1) is 35.8 Å². The lowest BCUT2D eigenvalue weighted by molar-refractivity contribution is -0.142. The fraction of sp³-hybridized carbons (Fsp3) is 0.410. The van der Waals surface area contributed by atoms with Crippen molar-refractivity contribution in [3.63, 3.8) is 0 Å². The van der Waals surface area contributed by atoms with Gasteiger partial charge in [0.15, 0.2) is 0 Å². The summed E-state index contributed by atoms with van der Waals surface area (Å²) in [6.07, 6.45) is 3.91. The van der Waals surface area contributed by atoms with E-state index in [0.29, 0.717) is 30.2 Å². The zero-order valence-electron chi connectivity index (χ0n) is 28.2. The van der Waals surface area contributed by atoms with E-state index in [1.165, 1.54) is 0 Å². The van der Waals surface area contributed by atoms with Crippen LogP contribution in [0.25, 0.3) is 10.8 Å². The Hall–Kier alpha value is -3.60. The van der Waals surface area contributed by atoms with Crippen molar-refractivity contribution in [1.29, 1.82) is 0 Å². The number of aliphatic hydroxyl groups excluding tert-OH is 1. The molecule has 3 amide bonds. The van der Waals surface area contributed by atoms with Gasteiger partial charge in [0.2, 0.25) is 11.8 Å². The average molecular weight is 747 g/mol. The first-order chi connectivity index (χ1) is 23.6. The average Bonchev–Trinajstić information content (AvgIpc) is 3.69. The Morgan fingerprint density at radius 2 is 1.65 bits per heavy atom. The van der Waals surface area contributed by atoms with Crippen LogP contribution in [0.2, 0.25) is 0 Å². The molecule has 1 spiro atoms. The van der Waals surface area contributed by atoms with E-state index in [1.54, 1.807) is 38.6 Å². The van der Waals surface area contributed by atoms with Crippen LogP contribution in [0.15, 0.2) is 92.0 Å². The predicted molar refractivity (Wildman–Crippen MR) is 201 cm³/mol. The van der Waals surface area contributed by atoms with E-state index in [9.17, 15) is 14.7 Å². The summed E-state index contributed by atoms with van der Waals surface area (Å²) >= 11 is 5.49. The lowest BCUT2D eigenvalue weighted by atomic mass is 9.70. The van der Waals surface area contributed by atoms with Gasteiger partial charge in [-0.25, -0.2) is 0 Å². The van der Waals surface area contributed by atoms with Gasteiger partial charge >= 0.3 is 0 Å². The molecule has 49 heavy (non-hydrogen) atoms. The lowest BCUT2D eigenvalue weighted by Gasteiger charge is -2.41. The van der Waals surface area contributed by atoms with Gasteiger partial charge in [0.25, 0.3) is 5.91 Å². The standard InChI is InChI=1S/C39H44BrN3O5S/c1-6-19-41(27-15-17-29(18-16-27)48-8-3)36(45)32-33-37(46)43(31(23-44)24(4)5)35(39(33)22-30(40)34(32)49-39)38(47)42(20-7-2)28-14-13-25-11-9-10-12-26(25)21-28/h6-7,9-18,21,24,30-35,44H,1-2,8,19-20,22-23H2,3-5H3/t30?,31-,32+,33-,34+,35?,39?/m0/s1. The number of thioether (sulfide) groups is 1. The van der Waals surface area contributed by atoms with Crippen molar-refractivity contribution in [2.24, 2.45) is 17.8 Å². The second-order valence-corrected chi connectivity index (χ2v) is 16.1. The van der Waals surface area contributed by atoms with Gasteiger partial charge in [0, 0.05) is 34.5 Å². The molecule has 0 saturated carbocycles. The smallest absolute Gasteiger partial charge is 0.251 e. The Labute approximate surface area is 301 Å². The molecular formula is C39H44BrN3O5S. The predicted octanol–water partition coefficient (Wildman–Crippen LogP) is 6.46. The van der Waals surface area contributed by atoms with Crippen LogP contribution in [0.4, 0.5) is 11.4 Å². The summed E-state index contributed by atoms with van der Waals surface area (Å²) in [4.78, 5) is 49.8. The molecule has 3 fully saturated rings. The second kappa shape index (κ2) is 14.3. The van der Waals surface area contributed by atoms with E-state index >= 15 is 4.79 Å². The Morgan fingerprint density at radius 3 is 2.27 bits per heavy atom. The summed E-state index contributed by atoms with van der Waals surface area (Å²) in [5.41, 5.74) is 1.38. The quantitative estimate of drug-likeness (QED) is 0.160. The molecule has 0 aliphatic carbocycles. The zero-order chi connectivity index (χ0) is 35.0. The monoisotopic (exact) mass is 745 g/mol. The number of rotatable bonds is 13. The summed E-state index contributed by atoms with van der Waals surface area (Å²) in [5, 5.41) is 12.5. The highest BCUT2D eigenvalue weighted by molar-refractivity contribution is 9.09. The van der Waals surface area contributed by atoms with E-state index in [-0.39, 0.29) is 53.4 Å². The highest BCUT2D eigenvalue weighted by atomic mass is 79.9. The number of alkyl halides is 1. The molecule has 10 heteroatoms. The first-order valence-corrected chi connectivity index (χ1v) is 18.7. The highest BCUT2D eigenvalue weighted by Crippen LogP contribution is 2.68. The van der Waals surface area contributed by atoms with Crippen LogP contribution in [-0.4, -0.2) is 80.9 Å². The van der Waals surface area contributed by atoms with Crippen molar-refractivity contribution in [2.75, 3.05) is 36.1 Å². The molecule has 0 aromatic heterocycles. The summed E-state index contributed by atoms with van der Waals surface area (Å²) in [5.74, 6) is -1.53. The van der Waals surface area contributed by atoms with E-state index in [2.05, 4.69) is 29.1 Å². The molecule has 3 unspecified atom stereocenters. The van der Waals surface area contributed by atoms with Crippen LogP contribution in [0, 0.1) is 17.8 Å². The fourth-order valence-corrected chi connectivity index (χ4v) is 11.7. The number of likely N-dealkylation sites (tertiary alicyclic amines) is 1. The molecule has 3 aromatic carbocycles. The molecule has 1 N–H and O–H groups in total. The minimum atomic E-state index is -0.901. The molecule has 8 nitrogen and oxygen atoms in total. The van der Waals surface area contributed by atoms with Crippen molar-refractivity contribution in [1.82, 2.24) is 4.90 Å². The van der Waals surface area contributed by atoms with Crippen molar-refractivity contribution in [3.05, 3.63) is 92.0 Å². The lowest BCUT2D eigenvalue weighted by Crippen LogP contribution is -2.59. The number of benzene rings is 3. The minimum absolute atomic E-state index is 0.100. The molecule has 258 valence electrons. The molecule has 0 radical (unpaired) electrons. The molecule has 3 aliphatic heterocycles. The zero-order valence-corrected chi connectivity index (χ0v) is 30.6. The van der Waals surface area contributed by atoms with Crippen LogP contribution in [0.5, 0.6) is 5.75 Å². The maximum Gasteiger partial charge on any atom is 0.251 e. The maximum absolute atomic E-state index is 15.2. The topological polar surface area (TPSA) is 90.4 Å². The number of carbonyl (C=O) groups is 3. The largest absolute Gasteiger partial charge is 0.494 e. The summed E-state index contributed by atoms with van der Waals surface area (Å²) in [6.45, 7) is 14.4. The SMILES string of the molecule is C=CCN(C(=O)C1N([C@@H](CO)C(C)C)C(=O)[C@@H]2[C@@H](C(=O)N(CC=C)c3ccc(OCC)cc3)[C@@H]3SC12CC3Br)c1ccc2ccccc2c1. The number of aliphatic hydroxyl groups is 1. The van der Waals surface area contributed by atoms with Crippen LogP contribution >= 0.6 is 27.7 Å². The Morgan fingerprint density at radius 1 is 1.02 bits per heavy atom. The van der Waals surface area contributed by atoms with E-state index in [4.69, 9.17) is 4.74 Å². The molecule has 3 saturated heterocycles. The number of amides is 3. The molecule has 3 heterocycles. The van der Waals surface area contributed by atoms with E-state index in [1.807, 2.05) is 87.5 Å². The number of anilines is 2. The molecule has 7 atom stereocenters. The van der Waals surface area contributed by atoms with Gasteiger partial charge in [-0.3, -0.25) is 14.4 Å². The first-order valence-electron chi connectivity index (χ1n) is 16.9. The number of hydrogen-bond donors (Lipinski definition) is 1. The van der Waals surface area contributed by atoms with Crippen molar-refractivity contribution < 1.29 is 24.2 Å². The number of nitrogens with zero attached hydrogens (tertiary/aromatic N) is 3. The van der Waals surface area contributed by atoms with Gasteiger partial charge in [-0.05, 0) is 66.4 Å². The molecule has 2 bridgehead atoms. The van der Waals surface area contributed by atoms with Crippen molar-refractivity contribution >= 4 is 67.6 Å². The summed E-state index contributed by atoms with van der Waals surface area (Å²) in [6, 6.07) is 19.7. The Kier molecular flexibility index (Phi) is 10.3. The Bertz CT molecular complexity index is 1750. The minimum Gasteiger partial charge on any atom is -0.494 e. The van der Waals surface area contributed by atoms with E-state index < -0.39 is 28.7 Å². The number of fused-ring (bicyclic) bond motifs is 2. The van der Waals surface area contributed by atoms with Crippen molar-refractivity contribution in [3.8, 4) is 5.75 Å². The molecular weight excluding hydrogens is 702 g/mol. The first kappa shape index (κ1) is 35.2. The second-order valence-electron chi connectivity index (χ2n) is 13.3. The van der Waals surface area contributed by atoms with Crippen molar-refractivity contribution in [2.45, 2.75) is 54.1 Å². The van der Waals surface area contributed by atoms with Crippen LogP contribution in [0.3, 0.4) is 0 Å². The van der Waals surface area contributed by atoms with Crippen LogP contribution in [0.1, 0.15) is 27.2 Å². The van der Waals surface area contributed by atoms with Gasteiger partial charge in [0.1, 0.15) is 11.8 Å². The number of carbonyl (C=O) groups excluding carboxylic acids is 3. The maximum atomic E-state index is 15.2. The third kappa shape index (κ3) is 5.99. The highest BCUT2D eigenvalue weighted by Gasteiger charge is 2.76. The number of ether oxygens (including phenoxy) is 1. The molecule has 3 aliphatic rings. The van der Waals surface area contributed by atoms with Crippen LogP contribution < -0.4 is 14.5 Å². The summed E-state index contributed by atoms with van der Waals surface area (Å²) < 4.78 is 4.74. The summed E-state index contributed by atoms with van der Waals surface area (Å²) in [7, 11) is 0. The molecule has 3 aromatic rings. The number of hydrogen-bond acceptors (Lipinski definition) is 6. The van der Waals surface area contributed by atoms with Gasteiger partial charge in [-0.1, -0.05) is 72.3 Å². The number of halogens is 1. The van der Waals surface area contributed by atoms with Gasteiger partial charge < -0.3 is 24.5 Å². The normalized spacial score (nSPS) is 26.1. The third-order valence-corrected chi connectivity index (χ3v) is 13.4. The van der Waals surface area contributed by atoms with E-state index in [0.717, 1.165) is 10.8 Å². The Balaban J connectivity index is 1.44. The fourth-order valence-electron chi connectivity index (χ4n) is 8.07. The molecule has 6 rings (SSSR count). The van der Waals surface area contributed by atoms with Gasteiger partial charge in [-0.15, -0.1) is 24.9 Å².